The van der Waals surface area contributed by atoms with Crippen molar-refractivity contribution >= 4 is 18.0 Å². The first-order valence-corrected chi connectivity index (χ1v) is 14.0. The predicted molar refractivity (Wildman–Crippen MR) is 149 cm³/mol. The number of amides is 3. The van der Waals surface area contributed by atoms with Gasteiger partial charge in [-0.2, -0.15) is 5.26 Å². The summed E-state index contributed by atoms with van der Waals surface area (Å²) in [6.07, 6.45) is 9.98. The van der Waals surface area contributed by atoms with E-state index in [4.69, 9.17) is 5.26 Å². The second kappa shape index (κ2) is 11.5. The number of hydrogen-bond donors (Lipinski definition) is 2. The maximum Gasteiger partial charge on any atom is 0.331 e. The zero-order chi connectivity index (χ0) is 28.4. The molecule has 0 radical (unpaired) electrons. The van der Waals surface area contributed by atoms with Crippen LogP contribution in [0.15, 0.2) is 34.0 Å². The first-order valence-electron chi connectivity index (χ1n) is 14.0. The van der Waals surface area contributed by atoms with Gasteiger partial charge in [-0.3, -0.25) is 18.7 Å². The Morgan fingerprint density at radius 3 is 2.60 bits per heavy atom. The van der Waals surface area contributed by atoms with Crippen LogP contribution in [-0.4, -0.2) is 56.1 Å². The highest BCUT2D eigenvalue weighted by atomic mass is 16.2. The smallest absolute Gasteiger partial charge is 0.331 e. The molecule has 1 saturated heterocycles. The van der Waals surface area contributed by atoms with Crippen molar-refractivity contribution in [2.75, 3.05) is 13.1 Å². The van der Waals surface area contributed by atoms with Crippen LogP contribution in [-0.2, 0) is 13.0 Å². The maximum absolute atomic E-state index is 13.4. The normalized spacial score (nSPS) is 20.4. The van der Waals surface area contributed by atoms with Crippen LogP contribution in [0.1, 0.15) is 79.3 Å². The van der Waals surface area contributed by atoms with Gasteiger partial charge in [-0.25, -0.2) is 14.6 Å². The number of nitriles is 1. The number of fused-ring (bicyclic) bond motifs is 1. The summed E-state index contributed by atoms with van der Waals surface area (Å²) >= 11 is 0. The lowest BCUT2D eigenvalue weighted by Crippen LogP contribution is -2.54. The lowest BCUT2D eigenvalue weighted by Gasteiger charge is -2.34. The van der Waals surface area contributed by atoms with Crippen LogP contribution in [0.3, 0.4) is 0 Å². The van der Waals surface area contributed by atoms with Crippen molar-refractivity contribution in [3.05, 3.63) is 67.8 Å². The molecule has 210 valence electrons. The van der Waals surface area contributed by atoms with Crippen molar-refractivity contribution in [2.45, 2.75) is 77.0 Å². The third kappa shape index (κ3) is 5.57. The van der Waals surface area contributed by atoms with Crippen molar-refractivity contribution in [2.24, 2.45) is 5.92 Å². The van der Waals surface area contributed by atoms with Crippen LogP contribution < -0.4 is 21.9 Å². The summed E-state index contributed by atoms with van der Waals surface area (Å²) in [6, 6.07) is 4.01. The molecule has 1 unspecified atom stereocenters. The number of likely N-dealkylation sites (tertiary alicyclic amines) is 1. The fraction of sp³-hybridized carbons (Fsp3) is 0.517. The predicted octanol–water partition coefficient (Wildman–Crippen LogP) is 2.20. The molecule has 0 bridgehead atoms. The van der Waals surface area contributed by atoms with E-state index in [0.29, 0.717) is 48.8 Å². The maximum atomic E-state index is 13.4. The number of nitrogens with one attached hydrogen (secondary N) is 2. The van der Waals surface area contributed by atoms with Crippen LogP contribution in [0.25, 0.3) is 6.08 Å². The fourth-order valence-electron chi connectivity index (χ4n) is 5.69. The number of aromatic nitrogens is 3. The van der Waals surface area contributed by atoms with Gasteiger partial charge in [0.25, 0.3) is 11.5 Å². The Bertz CT molecular complexity index is 1480. The van der Waals surface area contributed by atoms with Crippen molar-refractivity contribution < 1.29 is 9.59 Å². The number of rotatable bonds is 6. The van der Waals surface area contributed by atoms with E-state index in [2.05, 4.69) is 15.6 Å². The van der Waals surface area contributed by atoms with Crippen molar-refractivity contribution in [3.63, 3.8) is 0 Å². The second-order valence-corrected chi connectivity index (χ2v) is 11.2. The molecule has 11 heteroatoms. The van der Waals surface area contributed by atoms with Gasteiger partial charge in [0.15, 0.2) is 0 Å². The average molecular weight is 546 g/mol. The SMILES string of the molecule is CC(C)n1c2c(c(=O)n(CC3CCC3)c1=O)CC(NC(=O)N1CCC[C@@H](NC(=O)c3ccc(C#N)nc3)C1)C=C2. The molecule has 1 saturated carbocycles. The topological polar surface area (TPSA) is 142 Å². The van der Waals surface area contributed by atoms with E-state index in [1.54, 1.807) is 21.6 Å². The highest BCUT2D eigenvalue weighted by Gasteiger charge is 2.30. The summed E-state index contributed by atoms with van der Waals surface area (Å²) in [7, 11) is 0. The van der Waals surface area contributed by atoms with Crippen LogP contribution in [0.5, 0.6) is 0 Å². The van der Waals surface area contributed by atoms with Gasteiger partial charge in [0.1, 0.15) is 11.8 Å². The summed E-state index contributed by atoms with van der Waals surface area (Å²) in [6.45, 7) is 5.23. The Balaban J connectivity index is 1.25. The van der Waals surface area contributed by atoms with E-state index in [1.165, 1.54) is 16.8 Å². The lowest BCUT2D eigenvalue weighted by molar-refractivity contribution is 0.0909. The number of hydrogen-bond acceptors (Lipinski definition) is 6. The van der Waals surface area contributed by atoms with Gasteiger partial charge >= 0.3 is 11.7 Å². The van der Waals surface area contributed by atoms with E-state index in [0.717, 1.165) is 32.1 Å². The zero-order valence-corrected chi connectivity index (χ0v) is 22.9. The van der Waals surface area contributed by atoms with Crippen LogP contribution >= 0.6 is 0 Å². The quantitative estimate of drug-likeness (QED) is 0.570. The number of piperidine rings is 1. The summed E-state index contributed by atoms with van der Waals surface area (Å²) in [4.78, 5) is 58.2. The fourth-order valence-corrected chi connectivity index (χ4v) is 5.69. The number of urea groups is 1. The zero-order valence-electron chi connectivity index (χ0n) is 22.9. The minimum absolute atomic E-state index is 0.106. The van der Waals surface area contributed by atoms with Crippen molar-refractivity contribution in [1.29, 1.82) is 5.26 Å². The van der Waals surface area contributed by atoms with Crippen LogP contribution in [0, 0.1) is 17.2 Å². The van der Waals surface area contributed by atoms with E-state index < -0.39 is 0 Å². The lowest BCUT2D eigenvalue weighted by atomic mass is 9.85. The molecule has 2 aromatic heterocycles. The third-order valence-corrected chi connectivity index (χ3v) is 8.09. The van der Waals surface area contributed by atoms with Gasteiger partial charge < -0.3 is 15.5 Å². The van der Waals surface area contributed by atoms with Crippen LogP contribution in [0.4, 0.5) is 4.79 Å². The van der Waals surface area contributed by atoms with E-state index in [1.807, 2.05) is 26.0 Å². The number of nitrogens with zero attached hydrogens (tertiary/aromatic N) is 5. The minimum Gasteiger partial charge on any atom is -0.347 e. The van der Waals surface area contributed by atoms with E-state index >= 15 is 0 Å². The Kier molecular flexibility index (Phi) is 7.87. The summed E-state index contributed by atoms with van der Waals surface area (Å²) in [5, 5.41) is 14.9. The van der Waals surface area contributed by atoms with E-state index in [-0.39, 0.29) is 47.0 Å². The molecular formula is C29H35N7O4. The molecule has 2 aromatic rings. The summed E-state index contributed by atoms with van der Waals surface area (Å²) < 4.78 is 3.08. The second-order valence-electron chi connectivity index (χ2n) is 11.2. The Morgan fingerprint density at radius 1 is 1.15 bits per heavy atom. The standard InChI is InChI=1S/C29H35N7O4/c1-18(2)36-25-11-10-21(13-24(25)27(38)35(29(36)40)16-19-5-3-6-19)33-28(39)34-12-4-7-23(17-34)32-26(37)20-8-9-22(14-30)31-15-20/h8-11,15,18-19,21,23H,3-7,12-13,16-17H2,1-2H3,(H,32,37)(H,33,39)/t21?,23-/m1/s1. The molecular weight excluding hydrogens is 510 g/mol. The molecule has 2 N–H and O–H groups in total. The molecule has 2 atom stereocenters. The number of carbonyl (C=O) groups excluding carboxylic acids is 2. The van der Waals surface area contributed by atoms with Gasteiger partial charge in [0.2, 0.25) is 0 Å². The molecule has 3 heterocycles. The largest absolute Gasteiger partial charge is 0.347 e. The van der Waals surface area contributed by atoms with Gasteiger partial charge in [0, 0.05) is 49.9 Å². The molecule has 3 aliphatic rings. The molecule has 2 fully saturated rings. The van der Waals surface area contributed by atoms with Gasteiger partial charge in [-0.15, -0.1) is 0 Å². The minimum atomic E-state index is -0.386. The molecule has 0 spiro atoms. The van der Waals surface area contributed by atoms with Gasteiger partial charge in [0.05, 0.1) is 17.3 Å². The van der Waals surface area contributed by atoms with Crippen molar-refractivity contribution in [1.82, 2.24) is 29.7 Å². The third-order valence-electron chi connectivity index (χ3n) is 8.09. The molecule has 40 heavy (non-hydrogen) atoms. The number of carbonyl (C=O) groups is 2. The molecule has 3 amide bonds. The average Bonchev–Trinajstić information content (AvgIpc) is 2.92. The highest BCUT2D eigenvalue weighted by Crippen LogP contribution is 2.27. The molecule has 11 nitrogen and oxygen atoms in total. The van der Waals surface area contributed by atoms with Crippen LogP contribution in [0.2, 0.25) is 0 Å². The first-order chi connectivity index (χ1) is 19.2. The highest BCUT2D eigenvalue weighted by molar-refractivity contribution is 5.94. The van der Waals surface area contributed by atoms with E-state index in [9.17, 15) is 19.2 Å². The summed E-state index contributed by atoms with van der Waals surface area (Å²) in [5.74, 6) is 0.0601. The number of pyridine rings is 1. The first kappa shape index (κ1) is 27.4. The van der Waals surface area contributed by atoms with Gasteiger partial charge in [-0.1, -0.05) is 12.5 Å². The van der Waals surface area contributed by atoms with Crippen molar-refractivity contribution in [3.8, 4) is 6.07 Å². The molecule has 0 aromatic carbocycles. The molecule has 1 aliphatic heterocycles. The monoisotopic (exact) mass is 545 g/mol. The van der Waals surface area contributed by atoms with Gasteiger partial charge in [-0.05, 0) is 63.7 Å². The molecule has 2 aliphatic carbocycles. The summed E-state index contributed by atoms with van der Waals surface area (Å²) in [5.41, 5.74) is 1.25. The molecule has 5 rings (SSSR count). The Hall–Kier alpha value is -4.20. The Morgan fingerprint density at radius 2 is 1.95 bits per heavy atom. The Labute approximate surface area is 232 Å².